The number of hydrogen-bond acceptors (Lipinski definition) is 2. The van der Waals surface area contributed by atoms with Gasteiger partial charge in [0.1, 0.15) is 5.82 Å². The molecule has 0 radical (unpaired) electrons. The normalized spacial score (nSPS) is 22.3. The molecule has 20 heavy (non-hydrogen) atoms. The van der Waals surface area contributed by atoms with Crippen LogP contribution in [0.3, 0.4) is 0 Å². The van der Waals surface area contributed by atoms with Gasteiger partial charge in [-0.15, -0.1) is 0 Å². The molecule has 1 saturated carbocycles. The van der Waals surface area contributed by atoms with Crippen molar-refractivity contribution in [1.82, 2.24) is 4.90 Å². The maximum atomic E-state index is 14.1. The van der Waals surface area contributed by atoms with E-state index in [1.165, 1.54) is 6.07 Å². The molecule has 4 heteroatoms. The van der Waals surface area contributed by atoms with Crippen molar-refractivity contribution in [1.29, 1.82) is 0 Å². The molecule has 0 atom stereocenters. The Morgan fingerprint density at radius 2 is 1.80 bits per heavy atom. The van der Waals surface area contributed by atoms with Gasteiger partial charge in [0.2, 0.25) is 0 Å². The highest BCUT2D eigenvalue weighted by Gasteiger charge is 2.47. The summed E-state index contributed by atoms with van der Waals surface area (Å²) < 4.78 is 14.8. The number of nitrogens with zero attached hydrogens (tertiary/aromatic N) is 1. The Kier molecular flexibility index (Phi) is 3.95. The number of halogens is 2. The number of rotatable bonds is 3. The third kappa shape index (κ3) is 2.33. The van der Waals surface area contributed by atoms with Crippen molar-refractivity contribution in [3.8, 4) is 0 Å². The van der Waals surface area contributed by atoms with Crippen molar-refractivity contribution in [2.75, 3.05) is 13.1 Å². The number of carbonyl (C=O) groups is 1. The lowest BCUT2D eigenvalue weighted by molar-refractivity contribution is 0.0622. The molecule has 2 fully saturated rings. The zero-order chi connectivity index (χ0) is 14.2. The highest BCUT2D eigenvalue weighted by Crippen LogP contribution is 2.40. The van der Waals surface area contributed by atoms with Gasteiger partial charge in [-0.05, 0) is 57.0 Å². The Hall–Kier alpha value is -0.740. The minimum absolute atomic E-state index is 0.0179. The lowest BCUT2D eigenvalue weighted by atomic mass is 9.85. The van der Waals surface area contributed by atoms with E-state index in [1.807, 2.05) is 0 Å². The lowest BCUT2D eigenvalue weighted by Gasteiger charge is -2.37. The van der Waals surface area contributed by atoms with Crippen LogP contribution in [0.5, 0.6) is 0 Å². The van der Waals surface area contributed by atoms with Crippen LogP contribution in [0.15, 0.2) is 22.7 Å². The molecule has 3 rings (SSSR count). The Labute approximate surface area is 127 Å². The number of carbonyl (C=O) groups excluding carboxylic acids is 1. The maximum absolute atomic E-state index is 14.1. The number of likely N-dealkylation sites (tertiary alicyclic amines) is 1. The molecule has 108 valence electrons. The first-order chi connectivity index (χ1) is 9.63. The van der Waals surface area contributed by atoms with Gasteiger partial charge in [0.15, 0.2) is 5.78 Å². The highest BCUT2D eigenvalue weighted by molar-refractivity contribution is 9.10. The summed E-state index contributed by atoms with van der Waals surface area (Å²) in [6.07, 6.45) is 6.18. The molecule has 0 N–H and O–H groups in total. The Morgan fingerprint density at radius 1 is 1.15 bits per heavy atom. The molecule has 2 aliphatic rings. The van der Waals surface area contributed by atoms with E-state index in [0.29, 0.717) is 0 Å². The predicted octanol–water partition coefficient (Wildman–Crippen LogP) is 4.18. The molecule has 1 aliphatic carbocycles. The summed E-state index contributed by atoms with van der Waals surface area (Å²) in [5, 5.41) is 0. The second kappa shape index (κ2) is 5.57. The van der Waals surface area contributed by atoms with Gasteiger partial charge in [0, 0.05) is 4.47 Å². The monoisotopic (exact) mass is 339 g/mol. The van der Waals surface area contributed by atoms with Crippen molar-refractivity contribution in [3.63, 3.8) is 0 Å². The number of hydrogen-bond donors (Lipinski definition) is 0. The highest BCUT2D eigenvalue weighted by atomic mass is 79.9. The summed E-state index contributed by atoms with van der Waals surface area (Å²) in [4.78, 5) is 15.3. The quantitative estimate of drug-likeness (QED) is 0.770. The molecule has 0 bridgehead atoms. The van der Waals surface area contributed by atoms with Gasteiger partial charge in [0.05, 0.1) is 11.1 Å². The molecule has 0 spiro atoms. The molecule has 1 saturated heterocycles. The van der Waals surface area contributed by atoms with Gasteiger partial charge in [-0.2, -0.15) is 0 Å². The molecular weight excluding hydrogens is 321 g/mol. The molecule has 1 aliphatic heterocycles. The van der Waals surface area contributed by atoms with Crippen LogP contribution in [0, 0.1) is 5.82 Å². The molecule has 0 unspecified atom stereocenters. The summed E-state index contributed by atoms with van der Waals surface area (Å²) in [7, 11) is 0. The van der Waals surface area contributed by atoms with E-state index in [0.717, 1.165) is 56.1 Å². The third-order valence-electron chi connectivity index (χ3n) is 4.74. The van der Waals surface area contributed by atoms with Crippen LogP contribution in [0.4, 0.5) is 4.39 Å². The second-order valence-corrected chi connectivity index (χ2v) is 6.80. The minimum atomic E-state index is -0.446. The van der Waals surface area contributed by atoms with E-state index < -0.39 is 11.4 Å². The average molecular weight is 340 g/mol. The van der Waals surface area contributed by atoms with Gasteiger partial charge < -0.3 is 0 Å². The summed E-state index contributed by atoms with van der Waals surface area (Å²) in [5.41, 5.74) is -0.203. The van der Waals surface area contributed by atoms with E-state index >= 15 is 0 Å². The van der Waals surface area contributed by atoms with Gasteiger partial charge in [-0.3, -0.25) is 9.69 Å². The summed E-state index contributed by atoms with van der Waals surface area (Å²) >= 11 is 3.34. The molecular formula is C16H19BrFNO. The van der Waals surface area contributed by atoms with Crippen LogP contribution in [-0.4, -0.2) is 29.3 Å². The van der Waals surface area contributed by atoms with Crippen LogP contribution in [0.25, 0.3) is 0 Å². The van der Waals surface area contributed by atoms with Crippen molar-refractivity contribution < 1.29 is 9.18 Å². The molecule has 0 aromatic heterocycles. The average Bonchev–Trinajstić information content (AvgIpc) is 3.11. The molecule has 2 nitrogen and oxygen atoms in total. The Morgan fingerprint density at radius 3 is 2.45 bits per heavy atom. The minimum Gasteiger partial charge on any atom is -0.292 e. The van der Waals surface area contributed by atoms with E-state index in [4.69, 9.17) is 0 Å². The van der Waals surface area contributed by atoms with Crippen LogP contribution in [0.2, 0.25) is 0 Å². The second-order valence-electron chi connectivity index (χ2n) is 5.89. The fourth-order valence-corrected chi connectivity index (χ4v) is 4.08. The molecule has 1 aromatic rings. The number of Topliss-reactive ketones (excluding diaryl/α,β-unsaturated/α-hetero) is 1. The van der Waals surface area contributed by atoms with E-state index in [2.05, 4.69) is 20.8 Å². The van der Waals surface area contributed by atoms with E-state index in [1.54, 1.807) is 12.1 Å². The van der Waals surface area contributed by atoms with Crippen LogP contribution in [-0.2, 0) is 0 Å². The van der Waals surface area contributed by atoms with E-state index in [9.17, 15) is 9.18 Å². The molecule has 1 aromatic carbocycles. The molecule has 1 heterocycles. The first-order valence-electron chi connectivity index (χ1n) is 7.38. The smallest absolute Gasteiger partial charge is 0.186 e. The number of ketones is 1. The first kappa shape index (κ1) is 14.2. The summed E-state index contributed by atoms with van der Waals surface area (Å²) in [6.45, 7) is 1.95. The molecule has 0 amide bonds. The van der Waals surface area contributed by atoms with Crippen LogP contribution < -0.4 is 0 Å². The van der Waals surface area contributed by atoms with Crippen molar-refractivity contribution in [2.45, 2.75) is 44.1 Å². The van der Waals surface area contributed by atoms with Gasteiger partial charge in [-0.1, -0.05) is 28.8 Å². The van der Waals surface area contributed by atoms with Crippen LogP contribution in [0.1, 0.15) is 48.9 Å². The predicted molar refractivity (Wildman–Crippen MR) is 80.4 cm³/mol. The summed E-state index contributed by atoms with van der Waals surface area (Å²) in [6, 6.07) is 4.65. The Bertz CT molecular complexity index is 519. The van der Waals surface area contributed by atoms with Crippen molar-refractivity contribution in [3.05, 3.63) is 34.1 Å². The SMILES string of the molecule is O=C(c1cc(Br)ccc1F)C1(N2CCCC2)CCCC1. The first-order valence-corrected chi connectivity index (χ1v) is 8.18. The fraction of sp³-hybridized carbons (Fsp3) is 0.562. The number of benzene rings is 1. The zero-order valence-electron chi connectivity index (χ0n) is 11.5. The third-order valence-corrected chi connectivity index (χ3v) is 5.23. The zero-order valence-corrected chi connectivity index (χ0v) is 13.1. The van der Waals surface area contributed by atoms with E-state index in [-0.39, 0.29) is 11.3 Å². The largest absolute Gasteiger partial charge is 0.292 e. The Balaban J connectivity index is 1.99. The van der Waals surface area contributed by atoms with Gasteiger partial charge in [-0.25, -0.2) is 4.39 Å². The lowest BCUT2D eigenvalue weighted by Crippen LogP contribution is -2.51. The van der Waals surface area contributed by atoms with Crippen molar-refractivity contribution in [2.24, 2.45) is 0 Å². The van der Waals surface area contributed by atoms with Crippen LogP contribution >= 0.6 is 15.9 Å². The van der Waals surface area contributed by atoms with Gasteiger partial charge in [0.25, 0.3) is 0 Å². The topological polar surface area (TPSA) is 20.3 Å². The maximum Gasteiger partial charge on any atom is 0.186 e. The summed E-state index contributed by atoms with van der Waals surface area (Å²) in [5.74, 6) is -0.417. The fourth-order valence-electron chi connectivity index (χ4n) is 3.71. The standard InChI is InChI=1S/C16H19BrFNO/c17-12-5-6-14(18)13(11-12)15(20)16(7-1-2-8-16)19-9-3-4-10-19/h5-6,11H,1-4,7-10H2. The van der Waals surface area contributed by atoms with Crippen molar-refractivity contribution >= 4 is 21.7 Å². The van der Waals surface area contributed by atoms with Gasteiger partial charge >= 0.3 is 0 Å².